The molecule has 0 aromatic heterocycles. The Morgan fingerprint density at radius 3 is 2.44 bits per heavy atom. The SMILES string of the molecule is Cc1cc(Br)ccc1C(=O)CC(C)CC(C)(C)C. The first kappa shape index (κ1) is 15.4. The van der Waals surface area contributed by atoms with E-state index in [9.17, 15) is 4.79 Å². The van der Waals surface area contributed by atoms with Crippen LogP contribution < -0.4 is 0 Å². The van der Waals surface area contributed by atoms with Crippen LogP contribution in [0.3, 0.4) is 0 Å². The highest BCUT2D eigenvalue weighted by Gasteiger charge is 2.19. The van der Waals surface area contributed by atoms with Gasteiger partial charge in [0.25, 0.3) is 0 Å². The Labute approximate surface area is 119 Å². The van der Waals surface area contributed by atoms with E-state index in [2.05, 4.69) is 43.6 Å². The molecule has 0 amide bonds. The van der Waals surface area contributed by atoms with Crippen LogP contribution in [-0.2, 0) is 0 Å². The second kappa shape index (κ2) is 6.01. The molecule has 1 aromatic rings. The van der Waals surface area contributed by atoms with Gasteiger partial charge in [0.2, 0.25) is 0 Å². The Hall–Kier alpha value is -0.630. The maximum atomic E-state index is 12.3. The fraction of sp³-hybridized carbons (Fsp3) is 0.562. The topological polar surface area (TPSA) is 17.1 Å². The van der Waals surface area contributed by atoms with E-state index in [1.165, 1.54) is 0 Å². The predicted molar refractivity (Wildman–Crippen MR) is 81.1 cm³/mol. The molecule has 1 atom stereocenters. The normalized spacial score (nSPS) is 13.4. The summed E-state index contributed by atoms with van der Waals surface area (Å²) in [5.41, 5.74) is 2.20. The molecule has 0 aliphatic heterocycles. The van der Waals surface area contributed by atoms with Gasteiger partial charge in [-0.2, -0.15) is 0 Å². The Balaban J connectivity index is 2.71. The minimum atomic E-state index is 0.261. The minimum absolute atomic E-state index is 0.261. The summed E-state index contributed by atoms with van der Waals surface area (Å²) in [5.74, 6) is 0.692. The van der Waals surface area contributed by atoms with Crippen LogP contribution in [0, 0.1) is 18.3 Å². The second-order valence-electron chi connectivity index (χ2n) is 6.46. The molecule has 0 spiro atoms. The third-order valence-electron chi connectivity index (χ3n) is 2.98. The van der Waals surface area contributed by atoms with Gasteiger partial charge in [0.15, 0.2) is 5.78 Å². The molecule has 18 heavy (non-hydrogen) atoms. The van der Waals surface area contributed by atoms with Crippen molar-refractivity contribution in [1.29, 1.82) is 0 Å². The standard InChI is InChI=1S/C16H23BrO/c1-11(10-16(3,4)5)8-15(18)14-7-6-13(17)9-12(14)2/h6-7,9,11H,8,10H2,1-5H3. The van der Waals surface area contributed by atoms with Crippen LogP contribution in [0.1, 0.15) is 56.5 Å². The molecule has 0 saturated heterocycles. The largest absolute Gasteiger partial charge is 0.294 e. The Kier molecular flexibility index (Phi) is 5.15. The molecule has 1 rings (SSSR count). The first-order chi connectivity index (χ1) is 8.19. The number of rotatable bonds is 4. The van der Waals surface area contributed by atoms with Crippen molar-refractivity contribution in [2.45, 2.75) is 47.5 Å². The molecule has 0 bridgehead atoms. The van der Waals surface area contributed by atoms with Gasteiger partial charge in [-0.3, -0.25) is 4.79 Å². The van der Waals surface area contributed by atoms with Crippen molar-refractivity contribution < 1.29 is 4.79 Å². The smallest absolute Gasteiger partial charge is 0.163 e. The molecule has 0 saturated carbocycles. The molecule has 1 nitrogen and oxygen atoms in total. The number of halogens is 1. The number of carbonyl (C=O) groups is 1. The zero-order valence-electron chi connectivity index (χ0n) is 12.0. The Morgan fingerprint density at radius 1 is 1.33 bits per heavy atom. The third kappa shape index (κ3) is 4.93. The van der Waals surface area contributed by atoms with E-state index in [0.29, 0.717) is 12.3 Å². The zero-order chi connectivity index (χ0) is 13.9. The van der Waals surface area contributed by atoms with Crippen molar-refractivity contribution in [3.8, 4) is 0 Å². The molecule has 0 fully saturated rings. The highest BCUT2D eigenvalue weighted by atomic mass is 79.9. The van der Waals surface area contributed by atoms with Crippen LogP contribution in [0.15, 0.2) is 22.7 Å². The van der Waals surface area contributed by atoms with Gasteiger partial charge in [0.1, 0.15) is 0 Å². The van der Waals surface area contributed by atoms with Crippen molar-refractivity contribution in [3.63, 3.8) is 0 Å². The second-order valence-corrected chi connectivity index (χ2v) is 7.37. The van der Waals surface area contributed by atoms with Crippen molar-refractivity contribution in [3.05, 3.63) is 33.8 Å². The van der Waals surface area contributed by atoms with Crippen molar-refractivity contribution >= 4 is 21.7 Å². The van der Waals surface area contributed by atoms with Gasteiger partial charge < -0.3 is 0 Å². The summed E-state index contributed by atoms with van der Waals surface area (Å²) in [6.07, 6.45) is 1.72. The van der Waals surface area contributed by atoms with Crippen LogP contribution in [0.4, 0.5) is 0 Å². The summed E-state index contributed by atoms with van der Waals surface area (Å²) in [7, 11) is 0. The minimum Gasteiger partial charge on any atom is -0.294 e. The Morgan fingerprint density at radius 2 is 1.94 bits per heavy atom. The number of aryl methyl sites for hydroxylation is 1. The highest BCUT2D eigenvalue weighted by molar-refractivity contribution is 9.10. The molecule has 0 aliphatic rings. The highest BCUT2D eigenvalue weighted by Crippen LogP contribution is 2.27. The number of Topliss-reactive ketones (excluding diaryl/α,β-unsaturated/α-hetero) is 1. The summed E-state index contributed by atoms with van der Waals surface area (Å²) >= 11 is 3.42. The van der Waals surface area contributed by atoms with E-state index >= 15 is 0 Å². The van der Waals surface area contributed by atoms with E-state index < -0.39 is 0 Å². The fourth-order valence-electron chi connectivity index (χ4n) is 2.48. The monoisotopic (exact) mass is 310 g/mol. The summed E-state index contributed by atoms with van der Waals surface area (Å²) in [4.78, 5) is 12.3. The Bertz CT molecular complexity index is 429. The van der Waals surface area contributed by atoms with Crippen LogP contribution >= 0.6 is 15.9 Å². The maximum Gasteiger partial charge on any atom is 0.163 e. The summed E-state index contributed by atoms with van der Waals surface area (Å²) in [6.45, 7) is 10.8. The molecule has 1 aromatic carbocycles. The number of carbonyl (C=O) groups excluding carboxylic acids is 1. The zero-order valence-corrected chi connectivity index (χ0v) is 13.6. The van der Waals surface area contributed by atoms with Gasteiger partial charge in [-0.1, -0.05) is 49.7 Å². The quantitative estimate of drug-likeness (QED) is 0.680. The molecule has 0 heterocycles. The van der Waals surface area contributed by atoms with Gasteiger partial charge >= 0.3 is 0 Å². The summed E-state index contributed by atoms with van der Waals surface area (Å²) in [6, 6.07) is 5.86. The third-order valence-corrected chi connectivity index (χ3v) is 3.48. The van der Waals surface area contributed by atoms with E-state index in [1.807, 2.05) is 25.1 Å². The van der Waals surface area contributed by atoms with E-state index in [4.69, 9.17) is 0 Å². The fourth-order valence-corrected chi connectivity index (χ4v) is 2.96. The number of hydrogen-bond acceptors (Lipinski definition) is 1. The lowest BCUT2D eigenvalue weighted by Gasteiger charge is -2.22. The van der Waals surface area contributed by atoms with Gasteiger partial charge in [-0.05, 0) is 42.4 Å². The molecular weight excluding hydrogens is 288 g/mol. The van der Waals surface area contributed by atoms with Gasteiger partial charge in [-0.15, -0.1) is 0 Å². The van der Waals surface area contributed by atoms with E-state index in [0.717, 1.165) is 22.0 Å². The molecule has 0 N–H and O–H groups in total. The van der Waals surface area contributed by atoms with Crippen molar-refractivity contribution in [1.82, 2.24) is 0 Å². The molecule has 1 unspecified atom stereocenters. The average Bonchev–Trinajstić information content (AvgIpc) is 2.13. The van der Waals surface area contributed by atoms with Crippen LogP contribution in [0.25, 0.3) is 0 Å². The summed E-state index contributed by atoms with van der Waals surface area (Å²) < 4.78 is 1.03. The first-order valence-electron chi connectivity index (χ1n) is 6.48. The lowest BCUT2D eigenvalue weighted by atomic mass is 9.82. The lowest BCUT2D eigenvalue weighted by Crippen LogP contribution is -2.15. The first-order valence-corrected chi connectivity index (χ1v) is 7.28. The van der Waals surface area contributed by atoms with Gasteiger partial charge in [0.05, 0.1) is 0 Å². The van der Waals surface area contributed by atoms with Gasteiger partial charge in [-0.25, -0.2) is 0 Å². The molecule has 0 aliphatic carbocycles. The number of benzene rings is 1. The van der Waals surface area contributed by atoms with E-state index in [1.54, 1.807) is 0 Å². The van der Waals surface area contributed by atoms with Crippen molar-refractivity contribution in [2.24, 2.45) is 11.3 Å². The average molecular weight is 311 g/mol. The summed E-state index contributed by atoms with van der Waals surface area (Å²) in [5, 5.41) is 0. The van der Waals surface area contributed by atoms with Crippen LogP contribution in [-0.4, -0.2) is 5.78 Å². The van der Waals surface area contributed by atoms with Crippen molar-refractivity contribution in [2.75, 3.05) is 0 Å². The predicted octanol–water partition coefficient (Wildman–Crippen LogP) is 5.40. The molecular formula is C16H23BrO. The van der Waals surface area contributed by atoms with Gasteiger partial charge in [0, 0.05) is 16.5 Å². The molecule has 100 valence electrons. The maximum absolute atomic E-state index is 12.3. The molecule has 2 heteroatoms. The van der Waals surface area contributed by atoms with Crippen LogP contribution in [0.5, 0.6) is 0 Å². The van der Waals surface area contributed by atoms with Crippen LogP contribution in [0.2, 0.25) is 0 Å². The number of ketones is 1. The molecule has 0 radical (unpaired) electrons. The number of hydrogen-bond donors (Lipinski definition) is 0. The lowest BCUT2D eigenvalue weighted by molar-refractivity contribution is 0.0953. The van der Waals surface area contributed by atoms with E-state index in [-0.39, 0.29) is 11.2 Å².